The van der Waals surface area contributed by atoms with Crippen molar-refractivity contribution in [1.82, 2.24) is 5.32 Å². The number of methoxy groups -OCH3 is 1. The largest absolute Gasteiger partial charge is 0.497 e. The Kier molecular flexibility index (Phi) is 6.43. The molecule has 8 heteroatoms. The number of sulfonamides is 1. The number of halogens is 1. The number of carbonyl (C=O) groups excluding carboxylic acids is 1. The van der Waals surface area contributed by atoms with E-state index in [0.29, 0.717) is 17.0 Å². The number of benzene rings is 2. The topological polar surface area (TPSA) is 75.7 Å². The lowest BCUT2D eigenvalue weighted by atomic mass is 10.1. The van der Waals surface area contributed by atoms with Crippen molar-refractivity contribution in [3.8, 4) is 5.75 Å². The molecule has 2 aromatic carbocycles. The monoisotopic (exact) mass is 394 g/mol. The molecule has 0 aromatic heterocycles. The van der Waals surface area contributed by atoms with Crippen LogP contribution in [0.1, 0.15) is 25.5 Å². The second-order valence-corrected chi connectivity index (χ2v) is 8.07. The fourth-order valence-electron chi connectivity index (χ4n) is 2.71. The predicted octanol–water partition coefficient (Wildman–Crippen LogP) is 2.87. The molecular formula is C19H23FN2O4S. The molecule has 27 heavy (non-hydrogen) atoms. The minimum absolute atomic E-state index is 0.357. The van der Waals surface area contributed by atoms with Crippen LogP contribution in [0.3, 0.4) is 0 Å². The second-order valence-electron chi connectivity index (χ2n) is 6.21. The van der Waals surface area contributed by atoms with Crippen molar-refractivity contribution in [3.63, 3.8) is 0 Å². The third-order valence-corrected chi connectivity index (χ3v) is 5.39. The van der Waals surface area contributed by atoms with Crippen molar-refractivity contribution in [2.24, 2.45) is 0 Å². The number of nitrogens with one attached hydrogen (secondary N) is 1. The van der Waals surface area contributed by atoms with Gasteiger partial charge in [-0.05, 0) is 55.8 Å². The van der Waals surface area contributed by atoms with Gasteiger partial charge >= 0.3 is 0 Å². The summed E-state index contributed by atoms with van der Waals surface area (Å²) in [6.07, 6.45) is 1.05. The van der Waals surface area contributed by atoms with Crippen LogP contribution in [0.5, 0.6) is 5.75 Å². The molecule has 0 saturated carbocycles. The summed E-state index contributed by atoms with van der Waals surface area (Å²) in [5.41, 5.74) is 1.07. The molecule has 0 radical (unpaired) electrons. The first-order valence-corrected chi connectivity index (χ1v) is 10.2. The van der Waals surface area contributed by atoms with Crippen molar-refractivity contribution >= 4 is 21.6 Å². The third kappa shape index (κ3) is 5.19. The summed E-state index contributed by atoms with van der Waals surface area (Å²) in [7, 11) is -2.20. The number of carbonyl (C=O) groups is 1. The van der Waals surface area contributed by atoms with Crippen LogP contribution in [-0.4, -0.2) is 33.7 Å². The SMILES string of the molecule is COc1ccc(N([C@H](C)C(=O)N[C@@H](C)c2ccc(F)cc2)S(C)(=O)=O)cc1. The highest BCUT2D eigenvalue weighted by Crippen LogP contribution is 2.24. The van der Waals surface area contributed by atoms with E-state index < -0.39 is 28.0 Å². The van der Waals surface area contributed by atoms with Crippen molar-refractivity contribution in [3.05, 3.63) is 59.9 Å². The summed E-state index contributed by atoms with van der Waals surface area (Å²) in [5.74, 6) is -0.254. The van der Waals surface area contributed by atoms with E-state index in [1.807, 2.05) is 0 Å². The molecule has 6 nitrogen and oxygen atoms in total. The average molecular weight is 394 g/mol. The van der Waals surface area contributed by atoms with Crippen molar-refractivity contribution in [2.45, 2.75) is 25.9 Å². The van der Waals surface area contributed by atoms with Crippen LogP contribution >= 0.6 is 0 Å². The van der Waals surface area contributed by atoms with Crippen LogP contribution in [0.2, 0.25) is 0 Å². The molecule has 2 rings (SSSR count). The van der Waals surface area contributed by atoms with Gasteiger partial charge in [0.2, 0.25) is 15.9 Å². The van der Waals surface area contributed by atoms with Crippen LogP contribution in [0, 0.1) is 5.82 Å². The van der Waals surface area contributed by atoms with Crippen LogP contribution in [0.15, 0.2) is 48.5 Å². The Balaban J connectivity index is 2.22. The number of amides is 1. The fraction of sp³-hybridized carbons (Fsp3) is 0.316. The van der Waals surface area contributed by atoms with E-state index in [1.54, 1.807) is 43.3 Å². The molecule has 1 N–H and O–H groups in total. The first-order valence-electron chi connectivity index (χ1n) is 8.32. The van der Waals surface area contributed by atoms with E-state index in [1.165, 1.54) is 26.2 Å². The zero-order valence-electron chi connectivity index (χ0n) is 15.6. The first kappa shape index (κ1) is 20.7. The van der Waals surface area contributed by atoms with Crippen LogP contribution in [0.4, 0.5) is 10.1 Å². The lowest BCUT2D eigenvalue weighted by molar-refractivity contribution is -0.122. The Hall–Kier alpha value is -2.61. The quantitative estimate of drug-likeness (QED) is 0.784. The van der Waals surface area contributed by atoms with Gasteiger partial charge in [0.05, 0.1) is 25.1 Å². The molecule has 0 heterocycles. The number of hydrogen-bond donors (Lipinski definition) is 1. The normalized spacial score (nSPS) is 13.5. The summed E-state index contributed by atoms with van der Waals surface area (Å²) in [6, 6.07) is 10.8. The third-order valence-electron chi connectivity index (χ3n) is 4.14. The minimum Gasteiger partial charge on any atom is -0.497 e. The van der Waals surface area contributed by atoms with Crippen molar-refractivity contribution < 1.29 is 22.3 Å². The van der Waals surface area contributed by atoms with Gasteiger partial charge in [0.1, 0.15) is 17.6 Å². The van der Waals surface area contributed by atoms with E-state index in [0.717, 1.165) is 10.6 Å². The number of hydrogen-bond acceptors (Lipinski definition) is 4. The Labute approximate surface area is 159 Å². The summed E-state index contributed by atoms with van der Waals surface area (Å²) < 4.78 is 43.8. The zero-order chi connectivity index (χ0) is 20.2. The van der Waals surface area contributed by atoms with Crippen LogP contribution in [-0.2, 0) is 14.8 Å². The Morgan fingerprint density at radius 3 is 2.11 bits per heavy atom. The van der Waals surface area contributed by atoms with Gasteiger partial charge in [-0.15, -0.1) is 0 Å². The lowest BCUT2D eigenvalue weighted by Gasteiger charge is -2.29. The van der Waals surface area contributed by atoms with Gasteiger partial charge in [-0.1, -0.05) is 12.1 Å². The molecule has 2 atom stereocenters. The van der Waals surface area contributed by atoms with Gasteiger partial charge < -0.3 is 10.1 Å². The highest BCUT2D eigenvalue weighted by Gasteiger charge is 2.29. The van der Waals surface area contributed by atoms with E-state index in [-0.39, 0.29) is 5.82 Å². The zero-order valence-corrected chi connectivity index (χ0v) is 16.5. The van der Waals surface area contributed by atoms with Crippen LogP contribution in [0.25, 0.3) is 0 Å². The summed E-state index contributed by atoms with van der Waals surface area (Å²) in [5, 5.41) is 2.77. The molecular weight excluding hydrogens is 371 g/mol. The Morgan fingerprint density at radius 2 is 1.63 bits per heavy atom. The molecule has 0 unspecified atom stereocenters. The molecule has 0 bridgehead atoms. The van der Waals surface area contributed by atoms with E-state index >= 15 is 0 Å². The molecule has 0 saturated heterocycles. The number of nitrogens with zero attached hydrogens (tertiary/aromatic N) is 1. The molecule has 0 aliphatic carbocycles. The van der Waals surface area contributed by atoms with E-state index in [2.05, 4.69) is 5.32 Å². The van der Waals surface area contributed by atoms with Gasteiger partial charge in [0, 0.05) is 0 Å². The van der Waals surface area contributed by atoms with Gasteiger partial charge in [0.15, 0.2) is 0 Å². The molecule has 0 spiro atoms. The Bertz CT molecular complexity index is 883. The molecule has 146 valence electrons. The summed E-state index contributed by atoms with van der Waals surface area (Å²) in [4.78, 5) is 12.7. The smallest absolute Gasteiger partial charge is 0.244 e. The average Bonchev–Trinajstić information content (AvgIpc) is 2.61. The second kappa shape index (κ2) is 8.39. The fourth-order valence-corrected chi connectivity index (χ4v) is 3.88. The highest BCUT2D eigenvalue weighted by molar-refractivity contribution is 7.92. The molecule has 0 aliphatic heterocycles. The molecule has 2 aromatic rings. The number of ether oxygens (including phenoxy) is 1. The minimum atomic E-state index is -3.71. The first-order chi connectivity index (χ1) is 12.6. The maximum absolute atomic E-state index is 13.1. The van der Waals surface area contributed by atoms with E-state index in [9.17, 15) is 17.6 Å². The van der Waals surface area contributed by atoms with Crippen molar-refractivity contribution in [2.75, 3.05) is 17.7 Å². The predicted molar refractivity (Wildman–Crippen MR) is 103 cm³/mol. The van der Waals surface area contributed by atoms with Gasteiger partial charge in [-0.2, -0.15) is 0 Å². The van der Waals surface area contributed by atoms with Crippen molar-refractivity contribution in [1.29, 1.82) is 0 Å². The summed E-state index contributed by atoms with van der Waals surface area (Å²) in [6.45, 7) is 3.26. The molecule has 0 aliphatic rings. The van der Waals surface area contributed by atoms with Crippen LogP contribution < -0.4 is 14.4 Å². The highest BCUT2D eigenvalue weighted by atomic mass is 32.2. The number of rotatable bonds is 7. The maximum Gasteiger partial charge on any atom is 0.244 e. The van der Waals surface area contributed by atoms with E-state index in [4.69, 9.17) is 4.74 Å². The van der Waals surface area contributed by atoms with Gasteiger partial charge in [0.25, 0.3) is 0 Å². The Morgan fingerprint density at radius 1 is 1.07 bits per heavy atom. The number of anilines is 1. The van der Waals surface area contributed by atoms with Gasteiger partial charge in [-0.25, -0.2) is 12.8 Å². The molecule has 1 amide bonds. The standard InChI is InChI=1S/C19H23FN2O4S/c1-13(15-5-7-16(20)8-6-15)21-19(23)14(2)22(27(4,24)25)17-9-11-18(26-3)12-10-17/h5-14H,1-4H3,(H,21,23)/t13-,14+/m0/s1. The molecule has 0 fully saturated rings. The van der Waals surface area contributed by atoms with Gasteiger partial charge in [-0.3, -0.25) is 9.10 Å². The summed E-state index contributed by atoms with van der Waals surface area (Å²) >= 11 is 0. The maximum atomic E-state index is 13.1. The lowest BCUT2D eigenvalue weighted by Crippen LogP contribution is -2.48.